The monoisotopic (exact) mass is 274 g/mol. The van der Waals surface area contributed by atoms with Gasteiger partial charge in [0.2, 0.25) is 0 Å². The van der Waals surface area contributed by atoms with Crippen LogP contribution in [0.1, 0.15) is 42.6 Å². The minimum absolute atomic E-state index is 0.0137. The Morgan fingerprint density at radius 1 is 1.35 bits per heavy atom. The highest BCUT2D eigenvalue weighted by Gasteiger charge is 2.21. The van der Waals surface area contributed by atoms with Crippen LogP contribution in [-0.2, 0) is 6.42 Å². The molecule has 1 aliphatic rings. The zero-order valence-corrected chi connectivity index (χ0v) is 12.9. The molecule has 0 saturated carbocycles. The van der Waals surface area contributed by atoms with Crippen molar-refractivity contribution in [3.63, 3.8) is 0 Å². The zero-order chi connectivity index (χ0) is 14.5. The van der Waals surface area contributed by atoms with Gasteiger partial charge in [0, 0.05) is 25.2 Å². The van der Waals surface area contributed by atoms with E-state index in [0.29, 0.717) is 6.04 Å². The standard InChI is InChI=1S/C17H26N2O/c1-13(2)19-10-4-5-15(12-19)11-14-6-8-16(9-7-14)17(20)18-3/h6-9,13,15H,4-5,10-12H2,1-3H3,(H,18,20). The number of piperidine rings is 1. The van der Waals surface area contributed by atoms with Gasteiger partial charge in [0.05, 0.1) is 0 Å². The molecule has 1 atom stereocenters. The highest BCUT2D eigenvalue weighted by molar-refractivity contribution is 5.93. The third-order valence-corrected chi connectivity index (χ3v) is 4.25. The lowest BCUT2D eigenvalue weighted by Crippen LogP contribution is -2.40. The number of benzene rings is 1. The highest BCUT2D eigenvalue weighted by atomic mass is 16.1. The van der Waals surface area contributed by atoms with Crippen LogP contribution in [0.5, 0.6) is 0 Å². The van der Waals surface area contributed by atoms with E-state index in [1.807, 2.05) is 12.1 Å². The van der Waals surface area contributed by atoms with Gasteiger partial charge in [-0.25, -0.2) is 0 Å². The molecule has 2 rings (SSSR count). The topological polar surface area (TPSA) is 32.3 Å². The van der Waals surface area contributed by atoms with Crippen LogP contribution < -0.4 is 5.32 Å². The first-order valence-corrected chi connectivity index (χ1v) is 7.65. The van der Waals surface area contributed by atoms with Gasteiger partial charge in [0.1, 0.15) is 0 Å². The summed E-state index contributed by atoms with van der Waals surface area (Å²) in [6.07, 6.45) is 3.75. The van der Waals surface area contributed by atoms with Crippen molar-refractivity contribution in [3.05, 3.63) is 35.4 Å². The molecule has 110 valence electrons. The lowest BCUT2D eigenvalue weighted by atomic mass is 9.90. The van der Waals surface area contributed by atoms with Crippen molar-refractivity contribution in [2.45, 2.75) is 39.2 Å². The Labute approximate surface area is 122 Å². The summed E-state index contributed by atoms with van der Waals surface area (Å²) in [6.45, 7) is 7.00. The van der Waals surface area contributed by atoms with Gasteiger partial charge in [-0.3, -0.25) is 4.79 Å². The van der Waals surface area contributed by atoms with E-state index in [-0.39, 0.29) is 5.91 Å². The third-order valence-electron chi connectivity index (χ3n) is 4.25. The van der Waals surface area contributed by atoms with Gasteiger partial charge in [-0.15, -0.1) is 0 Å². The molecule has 20 heavy (non-hydrogen) atoms. The first-order chi connectivity index (χ1) is 9.60. The summed E-state index contributed by atoms with van der Waals surface area (Å²) in [5.74, 6) is 0.734. The van der Waals surface area contributed by atoms with Crippen LogP contribution >= 0.6 is 0 Å². The summed E-state index contributed by atoms with van der Waals surface area (Å²) in [5, 5.41) is 2.65. The van der Waals surface area contributed by atoms with Gasteiger partial charge in [-0.2, -0.15) is 0 Å². The van der Waals surface area contributed by atoms with Crippen molar-refractivity contribution in [1.29, 1.82) is 0 Å². The molecule has 1 fully saturated rings. The van der Waals surface area contributed by atoms with Crippen LogP contribution in [0.4, 0.5) is 0 Å². The van der Waals surface area contributed by atoms with Gasteiger partial charge in [0.25, 0.3) is 5.91 Å². The fourth-order valence-electron chi connectivity index (χ4n) is 3.00. The molecule has 0 aromatic heterocycles. The van der Waals surface area contributed by atoms with Crippen molar-refractivity contribution in [3.8, 4) is 0 Å². The van der Waals surface area contributed by atoms with Crippen LogP contribution in [-0.4, -0.2) is 37.0 Å². The van der Waals surface area contributed by atoms with E-state index in [9.17, 15) is 4.79 Å². The van der Waals surface area contributed by atoms with E-state index in [0.717, 1.165) is 17.9 Å². The normalized spacial score (nSPS) is 20.1. The summed E-state index contributed by atoms with van der Waals surface area (Å²) in [7, 11) is 1.67. The maximum Gasteiger partial charge on any atom is 0.251 e. The zero-order valence-electron chi connectivity index (χ0n) is 12.9. The second kappa shape index (κ2) is 6.89. The van der Waals surface area contributed by atoms with Crippen molar-refractivity contribution in [2.24, 2.45) is 5.92 Å². The van der Waals surface area contributed by atoms with Crippen molar-refractivity contribution >= 4 is 5.91 Å². The molecule has 0 aliphatic carbocycles. The molecule has 0 spiro atoms. The minimum Gasteiger partial charge on any atom is -0.355 e. The molecule has 3 heteroatoms. The Hall–Kier alpha value is -1.35. The van der Waals surface area contributed by atoms with Crippen LogP contribution in [0.25, 0.3) is 0 Å². The Bertz CT molecular complexity index is 439. The number of carbonyl (C=O) groups is 1. The minimum atomic E-state index is -0.0137. The second-order valence-corrected chi connectivity index (χ2v) is 6.08. The van der Waals surface area contributed by atoms with E-state index in [1.165, 1.54) is 31.5 Å². The van der Waals surface area contributed by atoms with E-state index >= 15 is 0 Å². The molecule has 1 saturated heterocycles. The number of hydrogen-bond donors (Lipinski definition) is 1. The summed E-state index contributed by atoms with van der Waals surface area (Å²) in [4.78, 5) is 14.1. The van der Waals surface area contributed by atoms with Crippen LogP contribution in [0, 0.1) is 5.92 Å². The van der Waals surface area contributed by atoms with E-state index < -0.39 is 0 Å². The fraction of sp³-hybridized carbons (Fsp3) is 0.588. The molecule has 1 aromatic rings. The summed E-state index contributed by atoms with van der Waals surface area (Å²) >= 11 is 0. The van der Waals surface area contributed by atoms with Gasteiger partial charge in [-0.05, 0) is 63.3 Å². The first-order valence-electron chi connectivity index (χ1n) is 7.65. The lowest BCUT2D eigenvalue weighted by molar-refractivity contribution is 0.0963. The first kappa shape index (κ1) is 15.0. The van der Waals surface area contributed by atoms with Gasteiger partial charge in [-0.1, -0.05) is 12.1 Å². The predicted octanol–water partition coefficient (Wildman–Crippen LogP) is 2.71. The number of amides is 1. The maximum atomic E-state index is 11.5. The molecule has 3 nitrogen and oxygen atoms in total. The molecular formula is C17H26N2O. The number of likely N-dealkylation sites (tertiary alicyclic amines) is 1. The quantitative estimate of drug-likeness (QED) is 0.915. The molecule has 1 heterocycles. The number of nitrogens with zero attached hydrogens (tertiary/aromatic N) is 1. The molecule has 0 bridgehead atoms. The molecule has 1 aliphatic heterocycles. The average molecular weight is 274 g/mol. The van der Waals surface area contributed by atoms with Gasteiger partial charge < -0.3 is 10.2 Å². The fourth-order valence-corrected chi connectivity index (χ4v) is 3.00. The van der Waals surface area contributed by atoms with Crippen molar-refractivity contribution in [2.75, 3.05) is 20.1 Å². The number of rotatable bonds is 4. The van der Waals surface area contributed by atoms with Gasteiger partial charge >= 0.3 is 0 Å². The summed E-state index contributed by atoms with van der Waals surface area (Å²) in [5.41, 5.74) is 2.08. The Kier molecular flexibility index (Phi) is 5.18. The molecule has 1 aromatic carbocycles. The maximum absolute atomic E-state index is 11.5. The Balaban J connectivity index is 1.94. The van der Waals surface area contributed by atoms with E-state index in [1.54, 1.807) is 7.05 Å². The molecule has 1 unspecified atom stereocenters. The van der Waals surface area contributed by atoms with Gasteiger partial charge in [0.15, 0.2) is 0 Å². The smallest absolute Gasteiger partial charge is 0.251 e. The SMILES string of the molecule is CNC(=O)c1ccc(CC2CCCN(C(C)C)C2)cc1. The van der Waals surface area contributed by atoms with Crippen LogP contribution in [0.2, 0.25) is 0 Å². The van der Waals surface area contributed by atoms with Crippen molar-refractivity contribution in [1.82, 2.24) is 10.2 Å². The lowest BCUT2D eigenvalue weighted by Gasteiger charge is -2.35. The predicted molar refractivity (Wildman–Crippen MR) is 83.0 cm³/mol. The van der Waals surface area contributed by atoms with Crippen LogP contribution in [0.15, 0.2) is 24.3 Å². The second-order valence-electron chi connectivity index (χ2n) is 6.08. The average Bonchev–Trinajstić information content (AvgIpc) is 2.47. The molecule has 0 radical (unpaired) electrons. The number of carbonyl (C=O) groups excluding carboxylic acids is 1. The summed E-state index contributed by atoms with van der Waals surface area (Å²) < 4.78 is 0. The molecule has 1 N–H and O–H groups in total. The number of nitrogens with one attached hydrogen (secondary N) is 1. The van der Waals surface area contributed by atoms with Crippen molar-refractivity contribution < 1.29 is 4.79 Å². The highest BCUT2D eigenvalue weighted by Crippen LogP contribution is 2.22. The Morgan fingerprint density at radius 2 is 2.05 bits per heavy atom. The third kappa shape index (κ3) is 3.83. The molecule has 1 amide bonds. The van der Waals surface area contributed by atoms with E-state index in [2.05, 4.69) is 36.2 Å². The Morgan fingerprint density at radius 3 is 2.65 bits per heavy atom. The number of hydrogen-bond acceptors (Lipinski definition) is 2. The molecular weight excluding hydrogens is 248 g/mol. The van der Waals surface area contributed by atoms with Crippen LogP contribution in [0.3, 0.4) is 0 Å². The van der Waals surface area contributed by atoms with E-state index in [4.69, 9.17) is 0 Å². The largest absolute Gasteiger partial charge is 0.355 e. The summed E-state index contributed by atoms with van der Waals surface area (Å²) in [6, 6.07) is 8.69.